The van der Waals surface area contributed by atoms with Crippen molar-refractivity contribution >= 4 is 34.0 Å². The van der Waals surface area contributed by atoms with Crippen LogP contribution in [0.3, 0.4) is 0 Å². The van der Waals surface area contributed by atoms with Gasteiger partial charge >= 0.3 is 0 Å². The van der Waals surface area contributed by atoms with Crippen molar-refractivity contribution in [1.29, 1.82) is 0 Å². The number of nitrogens with zero attached hydrogens (tertiary/aromatic N) is 2. The van der Waals surface area contributed by atoms with E-state index in [1.807, 2.05) is 0 Å². The summed E-state index contributed by atoms with van der Waals surface area (Å²) in [6.07, 6.45) is 0. The summed E-state index contributed by atoms with van der Waals surface area (Å²) in [4.78, 5) is 22.8. The molecule has 8 heteroatoms. The molecule has 2 heterocycles. The molecular weight excluding hydrogens is 396 g/mol. The normalized spacial score (nSPS) is 10.7. The van der Waals surface area contributed by atoms with E-state index in [0.717, 1.165) is 32.0 Å². The lowest BCUT2D eigenvalue weighted by Crippen LogP contribution is -1.86. The average molecular weight is 408 g/mol. The van der Waals surface area contributed by atoms with Crippen molar-refractivity contribution in [1.82, 2.24) is 0 Å². The molecule has 4 aromatic rings. The van der Waals surface area contributed by atoms with Crippen LogP contribution in [0.4, 0.5) is 11.4 Å². The lowest BCUT2D eigenvalue weighted by molar-refractivity contribution is -0.385. The van der Waals surface area contributed by atoms with Crippen molar-refractivity contribution in [3.8, 4) is 32.0 Å². The first-order chi connectivity index (χ1) is 13.5. The first-order valence-corrected chi connectivity index (χ1v) is 9.94. The molecule has 0 bridgehead atoms. The Bertz CT molecular complexity index is 1070. The standard InChI is InChI=1S/C20H12N2O4S2/c23-21(24)17-5-1-13(2-6-17)19-9-15(11-27-19)16-10-20(28-12-16)14-3-7-18(8-4-14)22(25)26/h1-12H. The highest BCUT2D eigenvalue weighted by molar-refractivity contribution is 7.14. The lowest BCUT2D eigenvalue weighted by Gasteiger charge is -1.97. The van der Waals surface area contributed by atoms with Crippen LogP contribution in [0.15, 0.2) is 71.4 Å². The second kappa shape index (κ2) is 7.34. The zero-order chi connectivity index (χ0) is 19.7. The second-order valence-corrected chi connectivity index (χ2v) is 7.83. The van der Waals surface area contributed by atoms with Crippen LogP contribution in [0.5, 0.6) is 0 Å². The number of nitro benzene ring substituents is 2. The molecule has 0 aliphatic rings. The fourth-order valence-corrected chi connectivity index (χ4v) is 4.62. The highest BCUT2D eigenvalue weighted by Gasteiger charge is 2.11. The number of rotatable bonds is 5. The van der Waals surface area contributed by atoms with Gasteiger partial charge in [-0.25, -0.2) is 0 Å². The van der Waals surface area contributed by atoms with Gasteiger partial charge in [-0.2, -0.15) is 0 Å². The van der Waals surface area contributed by atoms with Crippen molar-refractivity contribution in [2.24, 2.45) is 0 Å². The molecule has 0 aliphatic heterocycles. The molecule has 28 heavy (non-hydrogen) atoms. The van der Waals surface area contributed by atoms with E-state index in [2.05, 4.69) is 22.9 Å². The van der Waals surface area contributed by atoms with Gasteiger partial charge in [-0.15, -0.1) is 22.7 Å². The summed E-state index contributed by atoms with van der Waals surface area (Å²) in [6.45, 7) is 0. The first kappa shape index (κ1) is 18.0. The van der Waals surface area contributed by atoms with Crippen LogP contribution in [-0.4, -0.2) is 9.85 Å². The van der Waals surface area contributed by atoms with Crippen LogP contribution in [0, 0.1) is 20.2 Å². The van der Waals surface area contributed by atoms with Crippen molar-refractivity contribution in [2.75, 3.05) is 0 Å². The van der Waals surface area contributed by atoms with Gasteiger partial charge in [-0.1, -0.05) is 0 Å². The van der Waals surface area contributed by atoms with Crippen molar-refractivity contribution < 1.29 is 9.85 Å². The molecule has 2 aromatic carbocycles. The van der Waals surface area contributed by atoms with Crippen LogP contribution in [0.25, 0.3) is 32.0 Å². The molecule has 138 valence electrons. The molecule has 0 atom stereocenters. The zero-order valence-electron chi connectivity index (χ0n) is 14.3. The largest absolute Gasteiger partial charge is 0.269 e. The summed E-state index contributed by atoms with van der Waals surface area (Å²) in [5.74, 6) is 0. The molecule has 0 aliphatic carbocycles. The Morgan fingerprint density at radius 1 is 0.571 bits per heavy atom. The molecule has 4 rings (SSSR count). The summed E-state index contributed by atoms with van der Waals surface area (Å²) in [7, 11) is 0. The van der Waals surface area contributed by atoms with Crippen LogP contribution < -0.4 is 0 Å². The molecule has 0 spiro atoms. The van der Waals surface area contributed by atoms with E-state index in [1.54, 1.807) is 46.9 Å². The highest BCUT2D eigenvalue weighted by Crippen LogP contribution is 2.37. The Hall–Kier alpha value is -3.36. The number of thiophene rings is 2. The van der Waals surface area contributed by atoms with Gasteiger partial charge in [0.15, 0.2) is 0 Å². The monoisotopic (exact) mass is 408 g/mol. The van der Waals surface area contributed by atoms with E-state index in [1.165, 1.54) is 24.3 Å². The van der Waals surface area contributed by atoms with Gasteiger partial charge in [-0.3, -0.25) is 20.2 Å². The van der Waals surface area contributed by atoms with Gasteiger partial charge in [0, 0.05) is 34.0 Å². The molecule has 0 N–H and O–H groups in total. The minimum absolute atomic E-state index is 0.0751. The number of hydrogen-bond donors (Lipinski definition) is 0. The Labute approximate surface area is 167 Å². The van der Waals surface area contributed by atoms with E-state index in [9.17, 15) is 20.2 Å². The van der Waals surface area contributed by atoms with Crippen molar-refractivity contribution in [3.63, 3.8) is 0 Å². The van der Waals surface area contributed by atoms with Gasteiger partial charge in [0.25, 0.3) is 11.4 Å². The average Bonchev–Trinajstić information content (AvgIpc) is 3.38. The Morgan fingerprint density at radius 2 is 0.929 bits per heavy atom. The van der Waals surface area contributed by atoms with Crippen LogP contribution in [0.2, 0.25) is 0 Å². The fraction of sp³-hybridized carbons (Fsp3) is 0. The third kappa shape index (κ3) is 3.55. The van der Waals surface area contributed by atoms with E-state index in [-0.39, 0.29) is 11.4 Å². The summed E-state index contributed by atoms with van der Waals surface area (Å²) in [5, 5.41) is 25.7. The molecular formula is C20H12N2O4S2. The minimum Gasteiger partial charge on any atom is -0.258 e. The van der Waals surface area contributed by atoms with Crippen molar-refractivity contribution in [2.45, 2.75) is 0 Å². The Kier molecular flexibility index (Phi) is 4.72. The molecule has 0 unspecified atom stereocenters. The molecule has 2 aromatic heterocycles. The van der Waals surface area contributed by atoms with E-state index >= 15 is 0 Å². The SMILES string of the molecule is O=[N+]([O-])c1ccc(-c2cc(-c3csc(-c4ccc([N+](=O)[O-])cc4)c3)cs2)cc1. The third-order valence-corrected chi connectivity index (χ3v) is 6.22. The maximum atomic E-state index is 10.8. The predicted octanol–water partition coefficient (Wildman–Crippen LogP) is 6.63. The maximum Gasteiger partial charge on any atom is 0.269 e. The number of nitro groups is 2. The van der Waals surface area contributed by atoms with Crippen LogP contribution >= 0.6 is 22.7 Å². The van der Waals surface area contributed by atoms with E-state index in [0.29, 0.717) is 0 Å². The molecule has 0 fully saturated rings. The van der Waals surface area contributed by atoms with Gasteiger partial charge in [0.2, 0.25) is 0 Å². The first-order valence-electron chi connectivity index (χ1n) is 8.18. The summed E-state index contributed by atoms with van der Waals surface area (Å²) >= 11 is 3.16. The van der Waals surface area contributed by atoms with E-state index in [4.69, 9.17) is 0 Å². The maximum absolute atomic E-state index is 10.8. The molecule has 6 nitrogen and oxygen atoms in total. The number of benzene rings is 2. The fourth-order valence-electron chi connectivity index (χ4n) is 2.77. The predicted molar refractivity (Wildman–Crippen MR) is 112 cm³/mol. The Balaban J connectivity index is 1.57. The summed E-state index contributed by atoms with van der Waals surface area (Å²) < 4.78 is 0. The quantitative estimate of drug-likeness (QED) is 0.274. The summed E-state index contributed by atoms with van der Waals surface area (Å²) in [6, 6.07) is 17.2. The Morgan fingerprint density at radius 3 is 1.25 bits per heavy atom. The number of hydrogen-bond acceptors (Lipinski definition) is 6. The minimum atomic E-state index is -0.408. The molecule has 0 radical (unpaired) electrons. The van der Waals surface area contributed by atoms with Crippen molar-refractivity contribution in [3.05, 3.63) is 91.7 Å². The smallest absolute Gasteiger partial charge is 0.258 e. The van der Waals surface area contributed by atoms with E-state index < -0.39 is 9.85 Å². The molecule has 0 amide bonds. The zero-order valence-corrected chi connectivity index (χ0v) is 15.9. The lowest BCUT2D eigenvalue weighted by atomic mass is 10.1. The molecule has 0 saturated carbocycles. The number of non-ortho nitro benzene ring substituents is 2. The topological polar surface area (TPSA) is 86.3 Å². The van der Waals surface area contributed by atoms with Crippen LogP contribution in [-0.2, 0) is 0 Å². The van der Waals surface area contributed by atoms with Gasteiger partial charge in [0.05, 0.1) is 9.85 Å². The van der Waals surface area contributed by atoms with Gasteiger partial charge < -0.3 is 0 Å². The molecule has 0 saturated heterocycles. The van der Waals surface area contributed by atoms with Gasteiger partial charge in [0.1, 0.15) is 0 Å². The third-order valence-electron chi connectivity index (χ3n) is 4.26. The van der Waals surface area contributed by atoms with Crippen LogP contribution in [0.1, 0.15) is 0 Å². The highest BCUT2D eigenvalue weighted by atomic mass is 32.1. The summed E-state index contributed by atoms with van der Waals surface area (Å²) in [5.41, 5.74) is 4.17. The second-order valence-electron chi connectivity index (χ2n) is 6.01. The van der Waals surface area contributed by atoms with Gasteiger partial charge in [-0.05, 0) is 69.4 Å².